The van der Waals surface area contributed by atoms with E-state index in [9.17, 15) is 14.4 Å². The number of aromatic nitrogens is 1. The van der Waals surface area contributed by atoms with Gasteiger partial charge in [-0.05, 0) is 41.1 Å². The summed E-state index contributed by atoms with van der Waals surface area (Å²) in [6.45, 7) is 0. The van der Waals surface area contributed by atoms with Crippen molar-refractivity contribution in [3.63, 3.8) is 0 Å². The van der Waals surface area contributed by atoms with Gasteiger partial charge in [0.05, 0.1) is 10.2 Å². The molecule has 2 N–H and O–H groups in total. The lowest BCUT2D eigenvalue weighted by Gasteiger charge is -2.08. The Morgan fingerprint density at radius 1 is 0.867 bits per heavy atom. The Balaban J connectivity index is 1.33. The fourth-order valence-corrected chi connectivity index (χ4v) is 4.48. The molecule has 1 aliphatic heterocycles. The average molecular weight is 416 g/mol. The normalized spacial score (nSPS) is 13.9. The highest BCUT2D eigenvalue weighted by Crippen LogP contribution is 2.33. The number of imide groups is 1. The lowest BCUT2D eigenvalue weighted by atomic mass is 10.1. The van der Waals surface area contributed by atoms with Crippen molar-refractivity contribution in [3.05, 3.63) is 60.7 Å². The minimum absolute atomic E-state index is 0.219. The zero-order chi connectivity index (χ0) is 20.7. The van der Waals surface area contributed by atoms with Crippen molar-refractivity contribution in [1.82, 2.24) is 4.98 Å². The number of amides is 4. The zero-order valence-corrected chi connectivity index (χ0v) is 16.5. The Bertz CT molecular complexity index is 1310. The second-order valence-electron chi connectivity index (χ2n) is 6.94. The molecule has 1 aliphatic rings. The summed E-state index contributed by atoms with van der Waals surface area (Å²) in [4.78, 5) is 41.8. The predicted molar refractivity (Wildman–Crippen MR) is 118 cm³/mol. The maximum Gasteiger partial charge on any atom is 0.323 e. The molecule has 0 spiro atoms. The number of hydrogen-bond donors (Lipinski definition) is 2. The highest BCUT2D eigenvalue weighted by molar-refractivity contribution is 7.22. The molecule has 7 nitrogen and oxygen atoms in total. The fourth-order valence-electron chi connectivity index (χ4n) is 3.44. The van der Waals surface area contributed by atoms with Gasteiger partial charge in [-0.1, -0.05) is 41.7 Å². The van der Waals surface area contributed by atoms with Crippen LogP contribution >= 0.6 is 11.3 Å². The predicted octanol–water partition coefficient (Wildman–Crippen LogP) is 4.75. The van der Waals surface area contributed by atoms with E-state index in [1.807, 2.05) is 42.5 Å². The first-order valence-electron chi connectivity index (χ1n) is 9.40. The maximum absolute atomic E-state index is 12.4. The smallest absolute Gasteiger partial charge is 0.308 e. The van der Waals surface area contributed by atoms with Crippen molar-refractivity contribution in [2.75, 3.05) is 15.5 Å². The van der Waals surface area contributed by atoms with Crippen LogP contribution in [0.5, 0.6) is 0 Å². The van der Waals surface area contributed by atoms with Crippen LogP contribution in [0.4, 0.5) is 21.3 Å². The number of anilines is 3. The third kappa shape index (κ3) is 3.37. The number of carbonyl (C=O) groups excluding carboxylic acids is 3. The molecule has 0 atom stereocenters. The molecule has 0 bridgehead atoms. The Labute approximate surface area is 175 Å². The third-order valence-corrected chi connectivity index (χ3v) is 5.89. The monoisotopic (exact) mass is 416 g/mol. The largest absolute Gasteiger partial charge is 0.323 e. The van der Waals surface area contributed by atoms with Crippen LogP contribution in [0.3, 0.4) is 0 Å². The van der Waals surface area contributed by atoms with E-state index < -0.39 is 0 Å². The first-order chi connectivity index (χ1) is 14.6. The molecule has 0 radical (unpaired) electrons. The summed E-state index contributed by atoms with van der Waals surface area (Å²) in [7, 11) is 0. The van der Waals surface area contributed by atoms with Gasteiger partial charge in [-0.15, -0.1) is 0 Å². The molecule has 148 valence electrons. The molecule has 0 aliphatic carbocycles. The van der Waals surface area contributed by atoms with Crippen molar-refractivity contribution >= 4 is 66.7 Å². The fraction of sp³-hybridized carbons (Fsp3) is 0.0909. The molecule has 1 saturated heterocycles. The highest BCUT2D eigenvalue weighted by Gasteiger charge is 2.32. The molecule has 8 heteroatoms. The number of benzene rings is 3. The second-order valence-corrected chi connectivity index (χ2v) is 7.95. The third-order valence-electron chi connectivity index (χ3n) is 4.89. The molecule has 0 saturated carbocycles. The van der Waals surface area contributed by atoms with Crippen LogP contribution in [0.1, 0.15) is 12.8 Å². The molecular formula is C22H16N4O3S. The number of rotatable bonds is 3. The minimum atomic E-state index is -0.362. The number of nitrogens with zero attached hydrogens (tertiary/aromatic N) is 2. The summed E-state index contributed by atoms with van der Waals surface area (Å²) in [6, 6.07) is 18.6. The molecule has 30 heavy (non-hydrogen) atoms. The van der Waals surface area contributed by atoms with Gasteiger partial charge in [0.1, 0.15) is 0 Å². The van der Waals surface area contributed by atoms with Crippen LogP contribution in [0.2, 0.25) is 0 Å². The van der Waals surface area contributed by atoms with E-state index in [0.29, 0.717) is 22.0 Å². The van der Waals surface area contributed by atoms with E-state index in [1.165, 1.54) is 11.3 Å². The van der Waals surface area contributed by atoms with E-state index in [-0.39, 0.29) is 30.7 Å². The summed E-state index contributed by atoms with van der Waals surface area (Å²) in [5, 5.41) is 8.15. The standard InChI is InChI=1S/C22H16N4O3S/c27-19-9-10-20(28)26(19)22-25-17-8-7-16(12-18(17)30-22)24-21(29)23-15-6-5-13-3-1-2-4-14(13)11-15/h1-8,11-12H,9-10H2,(H2,23,24,29). The molecule has 0 unspecified atom stereocenters. The van der Waals surface area contributed by atoms with Crippen LogP contribution < -0.4 is 15.5 Å². The number of nitrogens with one attached hydrogen (secondary N) is 2. The van der Waals surface area contributed by atoms with Gasteiger partial charge in [-0.3, -0.25) is 9.59 Å². The Morgan fingerprint density at radius 3 is 2.30 bits per heavy atom. The topological polar surface area (TPSA) is 91.4 Å². The van der Waals surface area contributed by atoms with Gasteiger partial charge in [-0.25, -0.2) is 14.7 Å². The maximum atomic E-state index is 12.4. The number of thiazole rings is 1. The van der Waals surface area contributed by atoms with E-state index in [1.54, 1.807) is 18.2 Å². The van der Waals surface area contributed by atoms with Gasteiger partial charge in [0, 0.05) is 24.2 Å². The van der Waals surface area contributed by atoms with Gasteiger partial charge < -0.3 is 10.6 Å². The van der Waals surface area contributed by atoms with Gasteiger partial charge in [0.25, 0.3) is 0 Å². The van der Waals surface area contributed by atoms with Crippen molar-refractivity contribution in [2.45, 2.75) is 12.8 Å². The zero-order valence-electron chi connectivity index (χ0n) is 15.7. The van der Waals surface area contributed by atoms with Gasteiger partial charge in [0.2, 0.25) is 11.8 Å². The summed E-state index contributed by atoms with van der Waals surface area (Å²) >= 11 is 1.25. The van der Waals surface area contributed by atoms with E-state index in [4.69, 9.17) is 0 Å². The molecule has 4 aromatic rings. The quantitative estimate of drug-likeness (QED) is 0.472. The Hall–Kier alpha value is -3.78. The van der Waals surface area contributed by atoms with E-state index >= 15 is 0 Å². The average Bonchev–Trinajstić information content (AvgIpc) is 3.29. The Kier molecular flexibility index (Phi) is 4.40. The van der Waals surface area contributed by atoms with Crippen molar-refractivity contribution in [3.8, 4) is 0 Å². The molecule has 4 amide bonds. The van der Waals surface area contributed by atoms with Gasteiger partial charge >= 0.3 is 6.03 Å². The number of hydrogen-bond acceptors (Lipinski definition) is 5. The van der Waals surface area contributed by atoms with Crippen LogP contribution in [-0.2, 0) is 9.59 Å². The molecule has 1 aromatic heterocycles. The Morgan fingerprint density at radius 2 is 1.53 bits per heavy atom. The summed E-state index contributed by atoms with van der Waals surface area (Å²) < 4.78 is 0.779. The van der Waals surface area contributed by atoms with Crippen LogP contribution in [-0.4, -0.2) is 22.8 Å². The molecule has 1 fully saturated rings. The van der Waals surface area contributed by atoms with E-state index in [2.05, 4.69) is 15.6 Å². The second kappa shape index (κ2) is 7.23. The first-order valence-corrected chi connectivity index (χ1v) is 10.2. The minimum Gasteiger partial charge on any atom is -0.308 e. The van der Waals surface area contributed by atoms with Crippen molar-refractivity contribution in [1.29, 1.82) is 0 Å². The lowest BCUT2D eigenvalue weighted by Crippen LogP contribution is -2.28. The van der Waals surface area contributed by atoms with Crippen molar-refractivity contribution in [2.24, 2.45) is 0 Å². The number of fused-ring (bicyclic) bond motifs is 2. The molecule has 3 aromatic carbocycles. The molecule has 5 rings (SSSR count). The molecular weight excluding hydrogens is 400 g/mol. The first kappa shape index (κ1) is 18.3. The van der Waals surface area contributed by atoms with Crippen molar-refractivity contribution < 1.29 is 14.4 Å². The molecule has 2 heterocycles. The SMILES string of the molecule is O=C(Nc1ccc2ccccc2c1)Nc1ccc2nc(N3C(=O)CCC3=O)sc2c1. The van der Waals surface area contributed by atoms with Crippen LogP contribution in [0.25, 0.3) is 21.0 Å². The van der Waals surface area contributed by atoms with Gasteiger partial charge in [-0.2, -0.15) is 0 Å². The summed E-state index contributed by atoms with van der Waals surface area (Å²) in [5.41, 5.74) is 1.96. The lowest BCUT2D eigenvalue weighted by molar-refractivity contribution is -0.121. The van der Waals surface area contributed by atoms with Gasteiger partial charge in [0.15, 0.2) is 5.13 Å². The number of carbonyl (C=O) groups is 3. The van der Waals surface area contributed by atoms with E-state index in [0.717, 1.165) is 20.4 Å². The summed E-state index contributed by atoms with van der Waals surface area (Å²) in [6.07, 6.45) is 0.438. The van der Waals surface area contributed by atoms with Crippen LogP contribution in [0, 0.1) is 0 Å². The van der Waals surface area contributed by atoms with Crippen LogP contribution in [0.15, 0.2) is 60.7 Å². The summed E-state index contributed by atoms with van der Waals surface area (Å²) in [5.74, 6) is -0.459. The highest BCUT2D eigenvalue weighted by atomic mass is 32.1. The number of urea groups is 1.